The van der Waals surface area contributed by atoms with Gasteiger partial charge in [0, 0.05) is 12.0 Å². The van der Waals surface area contributed by atoms with Gasteiger partial charge in [-0.1, -0.05) is 19.4 Å². The average molecular weight is 432 g/mol. The number of rotatable bonds is 9. The lowest BCUT2D eigenvalue weighted by molar-refractivity contribution is 0.253. The number of hydrogen-bond donors (Lipinski definition) is 4. The lowest BCUT2D eigenvalue weighted by Crippen LogP contribution is -2.45. The van der Waals surface area contributed by atoms with Crippen LogP contribution in [0.1, 0.15) is 36.6 Å². The molecule has 31 heavy (non-hydrogen) atoms. The monoisotopic (exact) mass is 432 g/mol. The van der Waals surface area contributed by atoms with Gasteiger partial charge in [0.05, 0.1) is 19.9 Å². The number of hydrogen-bond acceptors (Lipinski definition) is 8. The van der Waals surface area contributed by atoms with E-state index in [-0.39, 0.29) is 11.8 Å². The summed E-state index contributed by atoms with van der Waals surface area (Å²) in [6.45, 7) is 2.02. The highest BCUT2D eigenvalue weighted by Gasteiger charge is 2.24. The third-order valence-electron chi connectivity index (χ3n) is 4.57. The van der Waals surface area contributed by atoms with Gasteiger partial charge in [-0.3, -0.25) is 0 Å². The molecule has 2 rings (SSSR count). The Hall–Kier alpha value is -3.64. The van der Waals surface area contributed by atoms with Crippen molar-refractivity contribution in [3.8, 4) is 11.5 Å². The van der Waals surface area contributed by atoms with Crippen LogP contribution in [0.25, 0.3) is 0 Å². The van der Waals surface area contributed by atoms with Gasteiger partial charge < -0.3 is 20.9 Å². The standard InChI is InChI=1S/C19H28N8O4/c1-4-5-6-13-12(9-11-7-8-14(30-2)15(10-11)31-3)16(26(22)17(20)28)25-19(24-13)27(23)18(21)29/h7-8,10H,4-6,9,22-23H2,1-3H3,(H2,20,28)(H2,21,29). The maximum atomic E-state index is 11.8. The van der Waals surface area contributed by atoms with E-state index in [1.54, 1.807) is 19.2 Å². The van der Waals surface area contributed by atoms with Crippen LogP contribution in [0.3, 0.4) is 0 Å². The minimum atomic E-state index is -0.970. The van der Waals surface area contributed by atoms with Gasteiger partial charge >= 0.3 is 12.1 Å². The molecule has 0 aliphatic carbocycles. The van der Waals surface area contributed by atoms with Crippen LogP contribution in [0.2, 0.25) is 0 Å². The summed E-state index contributed by atoms with van der Waals surface area (Å²) in [7, 11) is 3.08. The van der Waals surface area contributed by atoms with Crippen molar-refractivity contribution < 1.29 is 19.1 Å². The molecule has 0 fully saturated rings. The van der Waals surface area contributed by atoms with Gasteiger partial charge in [0.25, 0.3) is 5.95 Å². The second-order valence-electron chi connectivity index (χ2n) is 6.66. The van der Waals surface area contributed by atoms with Gasteiger partial charge in [0.1, 0.15) is 0 Å². The Balaban J connectivity index is 2.66. The summed E-state index contributed by atoms with van der Waals surface area (Å²) in [6, 6.07) is 3.48. The Labute approximate surface area is 180 Å². The van der Waals surface area contributed by atoms with E-state index in [1.807, 2.05) is 13.0 Å². The van der Waals surface area contributed by atoms with Crippen molar-refractivity contribution in [2.75, 3.05) is 24.2 Å². The summed E-state index contributed by atoms with van der Waals surface area (Å²) in [5, 5.41) is 1.26. The van der Waals surface area contributed by atoms with E-state index in [0.717, 1.165) is 18.4 Å². The first-order chi connectivity index (χ1) is 14.7. The molecule has 0 radical (unpaired) electrons. The number of nitrogens with two attached hydrogens (primary N) is 4. The van der Waals surface area contributed by atoms with Crippen LogP contribution < -0.4 is 42.6 Å². The van der Waals surface area contributed by atoms with Crippen molar-refractivity contribution in [1.29, 1.82) is 0 Å². The fraction of sp³-hybridized carbons (Fsp3) is 0.368. The molecule has 0 aliphatic heterocycles. The van der Waals surface area contributed by atoms with Crippen LogP contribution >= 0.6 is 0 Å². The van der Waals surface area contributed by atoms with Gasteiger partial charge in [0.2, 0.25) is 0 Å². The molecule has 0 aliphatic rings. The molecule has 4 amide bonds. The average Bonchev–Trinajstić information content (AvgIpc) is 2.76. The van der Waals surface area contributed by atoms with Gasteiger partial charge in [0.15, 0.2) is 17.3 Å². The maximum Gasteiger partial charge on any atom is 0.336 e. The number of carbonyl (C=O) groups is 2. The Morgan fingerprint density at radius 3 is 2.19 bits per heavy atom. The molecule has 12 heteroatoms. The van der Waals surface area contributed by atoms with E-state index in [1.165, 1.54) is 7.11 Å². The normalized spacial score (nSPS) is 10.5. The zero-order valence-corrected chi connectivity index (χ0v) is 17.8. The van der Waals surface area contributed by atoms with E-state index < -0.39 is 12.1 Å². The van der Waals surface area contributed by atoms with Crippen LogP contribution in [-0.2, 0) is 12.8 Å². The molecule has 12 nitrogen and oxygen atoms in total. The SMILES string of the molecule is CCCCc1nc(N(N)C(N)=O)nc(N(N)C(N)=O)c1Cc1ccc(OC)c(OC)c1. The largest absolute Gasteiger partial charge is 0.493 e. The van der Waals surface area contributed by atoms with E-state index in [0.29, 0.717) is 45.6 Å². The number of anilines is 2. The lowest BCUT2D eigenvalue weighted by Gasteiger charge is -2.22. The summed E-state index contributed by atoms with van der Waals surface area (Å²) in [5.74, 6) is 12.5. The highest BCUT2D eigenvalue weighted by molar-refractivity contribution is 5.91. The Morgan fingerprint density at radius 2 is 1.65 bits per heavy atom. The fourth-order valence-electron chi connectivity index (χ4n) is 2.94. The molecular weight excluding hydrogens is 404 g/mol. The third kappa shape index (κ3) is 5.49. The van der Waals surface area contributed by atoms with Crippen molar-refractivity contribution in [2.45, 2.75) is 32.6 Å². The molecule has 1 aromatic heterocycles. The first-order valence-corrected chi connectivity index (χ1v) is 9.52. The van der Waals surface area contributed by atoms with Gasteiger partial charge in [-0.05, 0) is 30.5 Å². The van der Waals surface area contributed by atoms with Crippen LogP contribution in [0.4, 0.5) is 21.4 Å². The number of amides is 4. The first-order valence-electron chi connectivity index (χ1n) is 9.52. The van der Waals surface area contributed by atoms with E-state index in [9.17, 15) is 9.59 Å². The van der Waals surface area contributed by atoms with E-state index in [4.69, 9.17) is 32.6 Å². The predicted octanol–water partition coefficient (Wildman–Crippen LogP) is 0.945. The van der Waals surface area contributed by atoms with Crippen molar-refractivity contribution in [2.24, 2.45) is 23.2 Å². The fourth-order valence-corrected chi connectivity index (χ4v) is 2.94. The zero-order valence-electron chi connectivity index (χ0n) is 17.8. The first kappa shape index (κ1) is 23.6. The molecule has 8 N–H and O–H groups in total. The quantitative estimate of drug-likeness (QED) is 0.256. The van der Waals surface area contributed by atoms with Gasteiger partial charge in [-0.15, -0.1) is 0 Å². The van der Waals surface area contributed by atoms with Crippen LogP contribution in [0.15, 0.2) is 18.2 Å². The minimum Gasteiger partial charge on any atom is -0.493 e. The maximum absolute atomic E-state index is 11.8. The Morgan fingerprint density at radius 1 is 1.00 bits per heavy atom. The number of urea groups is 2. The Kier molecular flexibility index (Phi) is 7.94. The zero-order chi connectivity index (χ0) is 23.1. The van der Waals surface area contributed by atoms with Gasteiger partial charge in [-0.2, -0.15) is 9.99 Å². The predicted molar refractivity (Wildman–Crippen MR) is 115 cm³/mol. The summed E-state index contributed by atoms with van der Waals surface area (Å²) in [4.78, 5) is 31.9. The lowest BCUT2D eigenvalue weighted by atomic mass is 10.0. The molecule has 0 unspecified atom stereocenters. The molecule has 1 aromatic carbocycles. The summed E-state index contributed by atoms with van der Waals surface area (Å²) < 4.78 is 10.6. The molecule has 0 atom stereocenters. The Bertz CT molecular complexity index is 953. The van der Waals surface area contributed by atoms with Crippen LogP contribution in [0.5, 0.6) is 11.5 Å². The van der Waals surface area contributed by atoms with Crippen molar-refractivity contribution in [3.63, 3.8) is 0 Å². The molecular formula is C19H28N8O4. The number of ether oxygens (including phenoxy) is 2. The molecule has 168 valence electrons. The number of aromatic nitrogens is 2. The highest BCUT2D eigenvalue weighted by atomic mass is 16.5. The topological polar surface area (TPSA) is 189 Å². The van der Waals surface area contributed by atoms with Crippen LogP contribution in [0, 0.1) is 0 Å². The number of hydrazine groups is 2. The van der Waals surface area contributed by atoms with E-state index >= 15 is 0 Å². The number of aryl methyl sites for hydroxylation is 1. The molecule has 0 saturated heterocycles. The number of benzene rings is 1. The van der Waals surface area contributed by atoms with E-state index in [2.05, 4.69) is 9.97 Å². The molecule has 0 spiro atoms. The second kappa shape index (κ2) is 10.4. The van der Waals surface area contributed by atoms with Gasteiger partial charge in [-0.25, -0.2) is 31.3 Å². The summed E-state index contributed by atoms with van der Waals surface area (Å²) >= 11 is 0. The number of unbranched alkanes of at least 4 members (excludes halogenated alkanes) is 1. The second-order valence-corrected chi connectivity index (χ2v) is 6.66. The van der Waals surface area contributed by atoms with Crippen LogP contribution in [-0.4, -0.2) is 36.2 Å². The molecule has 1 heterocycles. The molecule has 0 saturated carbocycles. The highest BCUT2D eigenvalue weighted by Crippen LogP contribution is 2.31. The smallest absolute Gasteiger partial charge is 0.336 e. The molecule has 0 bridgehead atoms. The number of nitrogens with zero attached hydrogens (tertiary/aromatic N) is 4. The third-order valence-corrected chi connectivity index (χ3v) is 4.57. The number of methoxy groups -OCH3 is 2. The van der Waals surface area contributed by atoms with Crippen molar-refractivity contribution >= 4 is 23.8 Å². The summed E-state index contributed by atoms with van der Waals surface area (Å²) in [6.07, 6.45) is 2.50. The number of carbonyl (C=O) groups excluding carboxylic acids is 2. The number of primary amides is 2. The van der Waals surface area contributed by atoms with Crippen molar-refractivity contribution in [1.82, 2.24) is 9.97 Å². The van der Waals surface area contributed by atoms with Crippen molar-refractivity contribution in [3.05, 3.63) is 35.0 Å². The minimum absolute atomic E-state index is 0.0232. The molecule has 2 aromatic rings. The summed E-state index contributed by atoms with van der Waals surface area (Å²) in [5.41, 5.74) is 12.6.